The summed E-state index contributed by atoms with van der Waals surface area (Å²) in [5, 5.41) is 10.4. The third-order valence-electron chi connectivity index (χ3n) is 7.96. The lowest BCUT2D eigenvalue weighted by atomic mass is 9.95. The van der Waals surface area contributed by atoms with E-state index in [4.69, 9.17) is 4.74 Å². The van der Waals surface area contributed by atoms with E-state index in [0.29, 0.717) is 39.1 Å². The van der Waals surface area contributed by atoms with Crippen LogP contribution >= 0.6 is 0 Å². The highest BCUT2D eigenvalue weighted by molar-refractivity contribution is 5.90. The largest absolute Gasteiger partial charge is 0.378 e. The second kappa shape index (κ2) is 13.6. The van der Waals surface area contributed by atoms with Gasteiger partial charge in [0.2, 0.25) is 17.7 Å². The minimum Gasteiger partial charge on any atom is -0.378 e. The molecule has 3 amide bonds. The minimum atomic E-state index is -0.752. The van der Waals surface area contributed by atoms with Crippen molar-refractivity contribution in [2.75, 3.05) is 45.9 Å². The van der Waals surface area contributed by atoms with Gasteiger partial charge in [-0.3, -0.25) is 14.4 Å². The summed E-state index contributed by atoms with van der Waals surface area (Å²) in [5.41, 5.74) is 2.99. The topological polar surface area (TPSA) is 116 Å². The van der Waals surface area contributed by atoms with Crippen molar-refractivity contribution < 1.29 is 19.1 Å². The number of nitrogens with zero attached hydrogens (tertiary/aromatic N) is 1. The predicted octanol–water partition coefficient (Wildman–Crippen LogP) is 2.03. The number of hydrogen-bond donors (Lipinski definition) is 4. The second-order valence-corrected chi connectivity index (χ2v) is 10.7. The van der Waals surface area contributed by atoms with Gasteiger partial charge in [-0.05, 0) is 49.5 Å². The molecule has 2 atom stereocenters. The zero-order chi connectivity index (χ0) is 27.7. The van der Waals surface area contributed by atoms with E-state index in [0.717, 1.165) is 48.0 Å². The number of benzene rings is 2. The standard InChI is InChI=1S/C31H39N5O4/c37-29(23-10-12-32-13-11-23)35-28(19-24-20-33-27-9-5-4-8-26(24)27)30(38)34-21-25(18-22-6-2-1-3-7-22)31(39)36-14-16-40-17-15-36/h1-9,20,23,25,28,32-33H,10-19,21H2,(H,34,38)(H,35,37)/t25-,28?/m0/s1. The molecule has 3 aromatic rings. The smallest absolute Gasteiger partial charge is 0.242 e. The molecular formula is C31H39N5O4. The summed E-state index contributed by atoms with van der Waals surface area (Å²) in [6.07, 6.45) is 4.28. The molecule has 212 valence electrons. The summed E-state index contributed by atoms with van der Waals surface area (Å²) < 4.78 is 5.43. The Labute approximate surface area is 235 Å². The average Bonchev–Trinajstić information content (AvgIpc) is 3.42. The van der Waals surface area contributed by atoms with E-state index in [9.17, 15) is 14.4 Å². The number of morpholine rings is 1. The van der Waals surface area contributed by atoms with E-state index in [1.165, 1.54) is 0 Å². The van der Waals surface area contributed by atoms with Crippen molar-refractivity contribution in [1.29, 1.82) is 0 Å². The van der Waals surface area contributed by atoms with Crippen molar-refractivity contribution in [2.24, 2.45) is 11.8 Å². The lowest BCUT2D eigenvalue weighted by Gasteiger charge is -2.31. The molecule has 2 saturated heterocycles. The zero-order valence-corrected chi connectivity index (χ0v) is 22.9. The second-order valence-electron chi connectivity index (χ2n) is 10.7. The highest BCUT2D eigenvalue weighted by Crippen LogP contribution is 2.20. The van der Waals surface area contributed by atoms with Gasteiger partial charge in [0.05, 0.1) is 19.1 Å². The highest BCUT2D eigenvalue weighted by atomic mass is 16.5. The predicted molar refractivity (Wildman–Crippen MR) is 154 cm³/mol. The van der Waals surface area contributed by atoms with Gasteiger partial charge in [-0.2, -0.15) is 0 Å². The van der Waals surface area contributed by atoms with Crippen LogP contribution in [-0.2, 0) is 32.0 Å². The van der Waals surface area contributed by atoms with Crippen LogP contribution in [0.2, 0.25) is 0 Å². The molecule has 9 nitrogen and oxygen atoms in total. The van der Waals surface area contributed by atoms with Crippen LogP contribution in [0.1, 0.15) is 24.0 Å². The quantitative estimate of drug-likeness (QED) is 0.311. The Morgan fingerprint density at radius 2 is 1.68 bits per heavy atom. The molecule has 0 bridgehead atoms. The van der Waals surface area contributed by atoms with Crippen molar-refractivity contribution in [1.82, 2.24) is 25.8 Å². The fraction of sp³-hybridized carbons (Fsp3) is 0.452. The SMILES string of the molecule is O=C(NC(Cc1c[nH]c2ccccc12)C(=O)NC[C@H](Cc1ccccc1)C(=O)N1CCOCC1)C1CCNCC1. The zero-order valence-electron chi connectivity index (χ0n) is 22.9. The van der Waals surface area contributed by atoms with Crippen molar-refractivity contribution >= 4 is 28.6 Å². The summed E-state index contributed by atoms with van der Waals surface area (Å²) in [6.45, 7) is 3.92. The number of aromatic amines is 1. The highest BCUT2D eigenvalue weighted by Gasteiger charge is 2.30. The van der Waals surface area contributed by atoms with Crippen LogP contribution in [-0.4, -0.2) is 79.6 Å². The number of carbonyl (C=O) groups excluding carboxylic acids is 3. The fourth-order valence-electron chi connectivity index (χ4n) is 5.64. The Hall–Kier alpha value is -3.69. The normalized spacial score (nSPS) is 17.8. The number of para-hydroxylation sites is 1. The molecule has 5 rings (SSSR count). The average molecular weight is 546 g/mol. The Bertz CT molecular complexity index is 1280. The molecular weight excluding hydrogens is 506 g/mol. The molecule has 0 radical (unpaired) electrons. The first kappa shape index (κ1) is 27.9. The first-order chi connectivity index (χ1) is 19.6. The van der Waals surface area contributed by atoms with Gasteiger partial charge < -0.3 is 30.6 Å². The fourth-order valence-corrected chi connectivity index (χ4v) is 5.64. The van der Waals surface area contributed by atoms with Gasteiger partial charge in [0.1, 0.15) is 6.04 Å². The molecule has 2 aliphatic heterocycles. The molecule has 1 aromatic heterocycles. The van der Waals surface area contributed by atoms with Crippen LogP contribution in [0.5, 0.6) is 0 Å². The maximum absolute atomic E-state index is 13.7. The third kappa shape index (κ3) is 7.08. The summed E-state index contributed by atoms with van der Waals surface area (Å²) >= 11 is 0. The van der Waals surface area contributed by atoms with E-state index in [-0.39, 0.29) is 30.2 Å². The van der Waals surface area contributed by atoms with Gasteiger partial charge in [-0.15, -0.1) is 0 Å². The van der Waals surface area contributed by atoms with E-state index < -0.39 is 12.0 Å². The number of carbonyl (C=O) groups is 3. The lowest BCUT2D eigenvalue weighted by molar-refractivity contribution is -0.140. The number of amides is 3. The summed E-state index contributed by atoms with van der Waals surface area (Å²) in [5.74, 6) is -0.891. The van der Waals surface area contributed by atoms with E-state index >= 15 is 0 Å². The van der Waals surface area contributed by atoms with Gasteiger partial charge in [0, 0.05) is 49.1 Å². The number of piperidine rings is 1. The maximum atomic E-state index is 13.7. The van der Waals surface area contributed by atoms with Crippen molar-refractivity contribution in [3.8, 4) is 0 Å². The molecule has 9 heteroatoms. The lowest BCUT2D eigenvalue weighted by Crippen LogP contribution is -2.53. The molecule has 0 saturated carbocycles. The molecule has 2 aliphatic rings. The first-order valence-corrected chi connectivity index (χ1v) is 14.3. The molecule has 40 heavy (non-hydrogen) atoms. The molecule has 2 fully saturated rings. The van der Waals surface area contributed by atoms with Gasteiger partial charge in [0.25, 0.3) is 0 Å². The number of ether oxygens (including phenoxy) is 1. The number of hydrogen-bond acceptors (Lipinski definition) is 5. The maximum Gasteiger partial charge on any atom is 0.242 e. The van der Waals surface area contributed by atoms with E-state index in [1.807, 2.05) is 65.7 Å². The van der Waals surface area contributed by atoms with Gasteiger partial charge in [0.15, 0.2) is 0 Å². The number of rotatable bonds is 10. The Kier molecular flexibility index (Phi) is 9.46. The van der Waals surface area contributed by atoms with Crippen molar-refractivity contribution in [3.05, 3.63) is 71.9 Å². The molecule has 0 spiro atoms. The van der Waals surface area contributed by atoms with Crippen LogP contribution in [0.15, 0.2) is 60.8 Å². The Morgan fingerprint density at radius 3 is 2.45 bits per heavy atom. The van der Waals surface area contributed by atoms with Crippen LogP contribution < -0.4 is 16.0 Å². The van der Waals surface area contributed by atoms with E-state index in [1.54, 1.807) is 0 Å². The van der Waals surface area contributed by atoms with Crippen molar-refractivity contribution in [2.45, 2.75) is 31.7 Å². The molecule has 4 N–H and O–H groups in total. The number of H-pyrrole nitrogens is 1. The Balaban J connectivity index is 1.31. The number of nitrogens with one attached hydrogen (secondary N) is 4. The number of aromatic nitrogens is 1. The van der Waals surface area contributed by atoms with Gasteiger partial charge in [-0.25, -0.2) is 0 Å². The van der Waals surface area contributed by atoms with E-state index in [2.05, 4.69) is 20.9 Å². The van der Waals surface area contributed by atoms with Gasteiger partial charge >= 0.3 is 0 Å². The summed E-state index contributed by atoms with van der Waals surface area (Å²) in [7, 11) is 0. The first-order valence-electron chi connectivity index (χ1n) is 14.3. The van der Waals surface area contributed by atoms with Crippen LogP contribution in [0.3, 0.4) is 0 Å². The molecule has 0 aliphatic carbocycles. The molecule has 2 aromatic carbocycles. The molecule has 3 heterocycles. The van der Waals surface area contributed by atoms with Crippen LogP contribution in [0.25, 0.3) is 10.9 Å². The van der Waals surface area contributed by atoms with Crippen LogP contribution in [0, 0.1) is 11.8 Å². The molecule has 1 unspecified atom stereocenters. The summed E-state index contributed by atoms with van der Waals surface area (Å²) in [6, 6.07) is 17.0. The summed E-state index contributed by atoms with van der Waals surface area (Å²) in [4.78, 5) is 45.5. The van der Waals surface area contributed by atoms with Gasteiger partial charge in [-0.1, -0.05) is 48.5 Å². The van der Waals surface area contributed by atoms with Crippen molar-refractivity contribution in [3.63, 3.8) is 0 Å². The Morgan fingerprint density at radius 1 is 0.950 bits per heavy atom. The third-order valence-corrected chi connectivity index (χ3v) is 7.96. The minimum absolute atomic E-state index is 0.0133. The monoisotopic (exact) mass is 545 g/mol. The number of fused-ring (bicyclic) bond motifs is 1. The van der Waals surface area contributed by atoms with Crippen LogP contribution in [0.4, 0.5) is 0 Å².